The molecule has 1 aromatic carbocycles. The molecular formula is C24H25NO7S. The van der Waals surface area contributed by atoms with Crippen LogP contribution in [0.3, 0.4) is 0 Å². The maximum atomic E-state index is 12.5. The van der Waals surface area contributed by atoms with Crippen LogP contribution in [0, 0.1) is 0 Å². The summed E-state index contributed by atoms with van der Waals surface area (Å²) in [5, 5.41) is 3.96. The van der Waals surface area contributed by atoms with E-state index in [1.807, 2.05) is 6.07 Å². The number of amides is 1. The standard InChI is InChI=1S/C24H25NO7S/c1-29-15-8-9-16-14(12-31-18(16)11-15)10-21(27)32-13-20(26)25-23-22(24(28)30-2)17-6-4-3-5-7-19(17)33-23/h8-9,11-12H,3-7,10,13H2,1-2H3,(H,25,26). The Morgan fingerprint density at radius 2 is 1.94 bits per heavy atom. The Labute approximate surface area is 194 Å². The number of ether oxygens (including phenoxy) is 3. The number of thiophene rings is 1. The quantitative estimate of drug-likeness (QED) is 0.405. The zero-order chi connectivity index (χ0) is 23.4. The van der Waals surface area contributed by atoms with E-state index >= 15 is 0 Å². The first-order chi connectivity index (χ1) is 16.0. The van der Waals surface area contributed by atoms with Crippen molar-refractivity contribution in [3.05, 3.63) is 46.0 Å². The van der Waals surface area contributed by atoms with Crippen molar-refractivity contribution >= 4 is 45.2 Å². The van der Waals surface area contributed by atoms with Gasteiger partial charge in [0.25, 0.3) is 5.91 Å². The molecule has 0 atom stereocenters. The molecule has 1 N–H and O–H groups in total. The van der Waals surface area contributed by atoms with Gasteiger partial charge in [0.2, 0.25) is 0 Å². The van der Waals surface area contributed by atoms with Crippen LogP contribution in [0.2, 0.25) is 0 Å². The highest BCUT2D eigenvalue weighted by molar-refractivity contribution is 7.17. The van der Waals surface area contributed by atoms with Gasteiger partial charge >= 0.3 is 11.9 Å². The minimum atomic E-state index is -0.557. The van der Waals surface area contributed by atoms with Crippen LogP contribution >= 0.6 is 11.3 Å². The van der Waals surface area contributed by atoms with Gasteiger partial charge in [-0.05, 0) is 43.4 Å². The second-order valence-electron chi connectivity index (χ2n) is 7.77. The summed E-state index contributed by atoms with van der Waals surface area (Å²) in [5.74, 6) is -0.879. The first kappa shape index (κ1) is 22.8. The van der Waals surface area contributed by atoms with Crippen molar-refractivity contribution in [2.75, 3.05) is 26.1 Å². The van der Waals surface area contributed by atoms with Crippen LogP contribution in [-0.2, 0) is 38.3 Å². The number of aryl methyl sites for hydroxylation is 1. The SMILES string of the molecule is COC(=O)c1c(NC(=O)COC(=O)Cc2coc3cc(OC)ccc23)sc2c1CCCCC2. The summed E-state index contributed by atoms with van der Waals surface area (Å²) in [5.41, 5.74) is 2.63. The number of fused-ring (bicyclic) bond motifs is 2. The second kappa shape index (κ2) is 10.1. The number of hydrogen-bond donors (Lipinski definition) is 1. The number of carbonyl (C=O) groups is 3. The maximum Gasteiger partial charge on any atom is 0.341 e. The normalized spacial score (nSPS) is 13.2. The number of methoxy groups -OCH3 is 2. The highest BCUT2D eigenvalue weighted by Gasteiger charge is 2.26. The number of rotatable bonds is 7. The van der Waals surface area contributed by atoms with Crippen molar-refractivity contribution in [2.45, 2.75) is 38.5 Å². The predicted molar refractivity (Wildman–Crippen MR) is 123 cm³/mol. The van der Waals surface area contributed by atoms with Crippen LogP contribution in [0.15, 0.2) is 28.9 Å². The molecule has 174 valence electrons. The summed E-state index contributed by atoms with van der Waals surface area (Å²) < 4.78 is 20.8. The third-order valence-electron chi connectivity index (χ3n) is 5.63. The van der Waals surface area contributed by atoms with Crippen LogP contribution in [0.1, 0.15) is 45.6 Å². The van der Waals surface area contributed by atoms with Crippen molar-refractivity contribution in [3.8, 4) is 5.75 Å². The lowest BCUT2D eigenvalue weighted by Gasteiger charge is -2.08. The molecule has 9 heteroatoms. The number of nitrogens with one attached hydrogen (secondary N) is 1. The minimum Gasteiger partial charge on any atom is -0.497 e. The van der Waals surface area contributed by atoms with Crippen LogP contribution in [-0.4, -0.2) is 38.7 Å². The Kier molecular flexibility index (Phi) is 6.98. The van der Waals surface area contributed by atoms with Gasteiger partial charge in [0, 0.05) is 21.9 Å². The van der Waals surface area contributed by atoms with Crippen LogP contribution < -0.4 is 10.1 Å². The Hall–Kier alpha value is -3.33. The molecule has 0 unspecified atom stereocenters. The third-order valence-corrected chi connectivity index (χ3v) is 6.83. The van der Waals surface area contributed by atoms with E-state index in [0.717, 1.165) is 47.9 Å². The van der Waals surface area contributed by atoms with Gasteiger partial charge in [-0.15, -0.1) is 11.3 Å². The fourth-order valence-corrected chi connectivity index (χ4v) is 5.29. The molecule has 2 aromatic heterocycles. The Morgan fingerprint density at radius 1 is 1.12 bits per heavy atom. The van der Waals surface area contributed by atoms with E-state index < -0.39 is 24.5 Å². The molecule has 0 spiro atoms. The number of furan rings is 1. The Morgan fingerprint density at radius 3 is 2.73 bits per heavy atom. The molecule has 2 heterocycles. The Balaban J connectivity index is 1.39. The van der Waals surface area contributed by atoms with Crippen LogP contribution in [0.5, 0.6) is 5.75 Å². The monoisotopic (exact) mass is 471 g/mol. The zero-order valence-corrected chi connectivity index (χ0v) is 19.3. The van der Waals surface area contributed by atoms with E-state index in [1.165, 1.54) is 24.7 Å². The van der Waals surface area contributed by atoms with Crippen molar-refractivity contribution < 1.29 is 33.0 Å². The van der Waals surface area contributed by atoms with E-state index in [4.69, 9.17) is 18.6 Å². The van der Waals surface area contributed by atoms with Gasteiger partial charge in [-0.2, -0.15) is 0 Å². The van der Waals surface area contributed by atoms with E-state index in [9.17, 15) is 14.4 Å². The largest absolute Gasteiger partial charge is 0.497 e. The van der Waals surface area contributed by atoms with Gasteiger partial charge < -0.3 is 23.9 Å². The zero-order valence-electron chi connectivity index (χ0n) is 18.5. The van der Waals surface area contributed by atoms with Gasteiger partial charge in [-0.25, -0.2) is 4.79 Å². The number of carbonyl (C=O) groups excluding carboxylic acids is 3. The molecule has 0 aliphatic heterocycles. The fourth-order valence-electron chi connectivity index (χ4n) is 3.99. The smallest absolute Gasteiger partial charge is 0.341 e. The molecule has 1 aliphatic rings. The van der Waals surface area contributed by atoms with Crippen LogP contribution in [0.4, 0.5) is 5.00 Å². The molecule has 1 amide bonds. The number of benzene rings is 1. The molecule has 0 fully saturated rings. The van der Waals surface area contributed by atoms with Crippen molar-refractivity contribution in [3.63, 3.8) is 0 Å². The van der Waals surface area contributed by atoms with Gasteiger partial charge in [0.05, 0.1) is 32.5 Å². The average molecular weight is 472 g/mol. The first-order valence-electron chi connectivity index (χ1n) is 10.7. The Bertz CT molecular complexity index is 1190. The summed E-state index contributed by atoms with van der Waals surface area (Å²) in [4.78, 5) is 38.3. The van der Waals surface area contributed by atoms with Gasteiger partial charge in [0.15, 0.2) is 6.61 Å². The topological polar surface area (TPSA) is 104 Å². The maximum absolute atomic E-state index is 12.5. The number of hydrogen-bond acceptors (Lipinski definition) is 8. The highest BCUT2D eigenvalue weighted by atomic mass is 32.1. The minimum absolute atomic E-state index is 0.0344. The molecule has 33 heavy (non-hydrogen) atoms. The van der Waals surface area contributed by atoms with E-state index in [-0.39, 0.29) is 6.42 Å². The van der Waals surface area contributed by atoms with Gasteiger partial charge in [-0.3, -0.25) is 9.59 Å². The summed E-state index contributed by atoms with van der Waals surface area (Å²) in [6, 6.07) is 5.32. The molecule has 1 aliphatic carbocycles. The molecule has 8 nitrogen and oxygen atoms in total. The lowest BCUT2D eigenvalue weighted by Crippen LogP contribution is -2.22. The molecular weight excluding hydrogens is 446 g/mol. The molecule has 0 bridgehead atoms. The predicted octanol–water partition coefficient (Wildman–Crippen LogP) is 4.28. The van der Waals surface area contributed by atoms with Crippen molar-refractivity contribution in [1.82, 2.24) is 0 Å². The summed E-state index contributed by atoms with van der Waals surface area (Å²) in [6.45, 7) is -0.453. The van der Waals surface area contributed by atoms with Crippen molar-refractivity contribution in [2.24, 2.45) is 0 Å². The third kappa shape index (κ3) is 5.03. The molecule has 4 rings (SSSR count). The summed E-state index contributed by atoms with van der Waals surface area (Å²) in [6.07, 6.45) is 6.27. The average Bonchev–Trinajstić information content (AvgIpc) is 3.28. The summed E-state index contributed by atoms with van der Waals surface area (Å²) in [7, 11) is 2.89. The lowest BCUT2D eigenvalue weighted by molar-refractivity contribution is -0.146. The van der Waals surface area contributed by atoms with Gasteiger partial charge in [0.1, 0.15) is 16.3 Å². The molecule has 0 saturated carbocycles. The van der Waals surface area contributed by atoms with E-state index in [0.29, 0.717) is 27.5 Å². The summed E-state index contributed by atoms with van der Waals surface area (Å²) >= 11 is 1.39. The number of anilines is 1. The fraction of sp³-hybridized carbons (Fsp3) is 0.375. The second-order valence-corrected chi connectivity index (χ2v) is 8.87. The van der Waals surface area contributed by atoms with Crippen LogP contribution in [0.25, 0.3) is 11.0 Å². The molecule has 3 aromatic rings. The molecule has 0 radical (unpaired) electrons. The first-order valence-corrected chi connectivity index (χ1v) is 11.5. The van der Waals surface area contributed by atoms with E-state index in [2.05, 4.69) is 5.32 Å². The lowest BCUT2D eigenvalue weighted by atomic mass is 10.1. The highest BCUT2D eigenvalue weighted by Crippen LogP contribution is 2.38. The number of esters is 2. The van der Waals surface area contributed by atoms with Crippen molar-refractivity contribution in [1.29, 1.82) is 0 Å². The van der Waals surface area contributed by atoms with E-state index in [1.54, 1.807) is 19.2 Å². The van der Waals surface area contributed by atoms with Gasteiger partial charge in [-0.1, -0.05) is 6.42 Å². The molecule has 0 saturated heterocycles.